The molecule has 4 amide bonds. The first-order valence-electron chi connectivity index (χ1n) is 6.73. The van der Waals surface area contributed by atoms with Crippen LogP contribution >= 0.6 is 23.5 Å². The second-order valence-electron chi connectivity index (χ2n) is 4.53. The van der Waals surface area contributed by atoms with E-state index >= 15 is 0 Å². The van der Waals surface area contributed by atoms with Gasteiger partial charge in [-0.1, -0.05) is 11.8 Å². The van der Waals surface area contributed by atoms with E-state index < -0.39 is 11.8 Å². The molecule has 1 aromatic carbocycles. The lowest BCUT2D eigenvalue weighted by Crippen LogP contribution is -2.41. The number of thiocyanates is 1. The molecule has 2 rings (SSSR count). The van der Waals surface area contributed by atoms with Crippen molar-refractivity contribution in [3.8, 4) is 5.40 Å². The second-order valence-corrected chi connectivity index (χ2v) is 6.31. The Hall–Kier alpha value is -2.51. The van der Waals surface area contributed by atoms with Gasteiger partial charge in [0.15, 0.2) is 0 Å². The van der Waals surface area contributed by atoms with Crippen LogP contribution < -0.4 is 10.6 Å². The molecular formula is C14H12N4O4S2. The molecule has 1 saturated heterocycles. The van der Waals surface area contributed by atoms with Gasteiger partial charge < -0.3 is 10.6 Å². The van der Waals surface area contributed by atoms with Gasteiger partial charge in [0.05, 0.1) is 5.75 Å². The van der Waals surface area contributed by atoms with E-state index in [1.165, 1.54) is 0 Å². The molecule has 0 saturated carbocycles. The van der Waals surface area contributed by atoms with Crippen LogP contribution in [-0.2, 0) is 14.4 Å². The van der Waals surface area contributed by atoms with Gasteiger partial charge in [-0.3, -0.25) is 24.1 Å². The lowest BCUT2D eigenvalue weighted by atomic mass is 10.3. The van der Waals surface area contributed by atoms with E-state index in [0.29, 0.717) is 5.69 Å². The van der Waals surface area contributed by atoms with Crippen LogP contribution in [0, 0.1) is 10.7 Å². The number of imide groups is 1. The van der Waals surface area contributed by atoms with Crippen molar-refractivity contribution < 1.29 is 19.2 Å². The molecule has 1 fully saturated rings. The van der Waals surface area contributed by atoms with Gasteiger partial charge in [-0.15, -0.1) is 0 Å². The molecule has 0 atom stereocenters. The fraction of sp³-hybridized carbons (Fsp3) is 0.214. The number of carbonyl (C=O) groups is 4. The van der Waals surface area contributed by atoms with Gasteiger partial charge in [0.2, 0.25) is 5.91 Å². The molecule has 24 heavy (non-hydrogen) atoms. The van der Waals surface area contributed by atoms with Crippen molar-refractivity contribution in [2.45, 2.75) is 4.90 Å². The number of hydrogen-bond donors (Lipinski definition) is 2. The van der Waals surface area contributed by atoms with E-state index in [2.05, 4.69) is 10.6 Å². The molecule has 8 nitrogen and oxygen atoms in total. The van der Waals surface area contributed by atoms with E-state index in [9.17, 15) is 19.2 Å². The number of anilines is 1. The quantitative estimate of drug-likeness (QED) is 0.454. The van der Waals surface area contributed by atoms with Crippen molar-refractivity contribution in [2.75, 3.05) is 24.2 Å². The SMILES string of the molecule is N#CSc1ccc(NC(=O)C(=O)NCCN2C(=O)CSC2=O)cc1. The summed E-state index contributed by atoms with van der Waals surface area (Å²) < 4.78 is 0. The van der Waals surface area contributed by atoms with E-state index in [4.69, 9.17) is 5.26 Å². The smallest absolute Gasteiger partial charge is 0.313 e. The number of benzene rings is 1. The van der Waals surface area contributed by atoms with Crippen LogP contribution in [0.25, 0.3) is 0 Å². The standard InChI is InChI=1S/C14H12N4O4S2/c15-8-24-10-3-1-9(2-4-10)17-13(21)12(20)16-5-6-18-11(19)7-23-14(18)22/h1-4H,5-7H2,(H,16,20)(H,17,21). The Balaban J connectivity index is 1.77. The summed E-state index contributed by atoms with van der Waals surface area (Å²) >= 11 is 1.89. The minimum absolute atomic E-state index is 0.00202. The maximum Gasteiger partial charge on any atom is 0.313 e. The Labute approximate surface area is 145 Å². The van der Waals surface area contributed by atoms with Gasteiger partial charge in [0, 0.05) is 23.7 Å². The normalized spacial score (nSPS) is 13.5. The van der Waals surface area contributed by atoms with Crippen LogP contribution in [0.1, 0.15) is 0 Å². The maximum atomic E-state index is 11.7. The molecule has 10 heteroatoms. The second kappa shape index (κ2) is 8.37. The number of nitrogens with one attached hydrogen (secondary N) is 2. The van der Waals surface area contributed by atoms with Gasteiger partial charge in [-0.2, -0.15) is 5.26 Å². The zero-order valence-corrected chi connectivity index (χ0v) is 13.9. The third kappa shape index (κ3) is 4.74. The Morgan fingerprint density at radius 3 is 2.54 bits per heavy atom. The topological polar surface area (TPSA) is 119 Å². The largest absolute Gasteiger partial charge is 0.346 e. The molecule has 0 radical (unpaired) electrons. The predicted octanol–water partition coefficient (Wildman–Crippen LogP) is 1.01. The van der Waals surface area contributed by atoms with Crippen molar-refractivity contribution in [1.29, 1.82) is 5.26 Å². The highest BCUT2D eigenvalue weighted by Gasteiger charge is 2.29. The summed E-state index contributed by atoms with van der Waals surface area (Å²) in [5.41, 5.74) is 0.415. The average Bonchev–Trinajstić information content (AvgIpc) is 2.88. The van der Waals surface area contributed by atoms with Crippen molar-refractivity contribution >= 4 is 52.2 Å². The van der Waals surface area contributed by atoms with Crippen LogP contribution in [0.3, 0.4) is 0 Å². The molecule has 1 aromatic rings. The highest BCUT2D eigenvalue weighted by Crippen LogP contribution is 2.19. The van der Waals surface area contributed by atoms with Gasteiger partial charge >= 0.3 is 11.8 Å². The molecule has 1 heterocycles. The Morgan fingerprint density at radius 1 is 1.25 bits per heavy atom. The van der Waals surface area contributed by atoms with Gasteiger partial charge in [-0.05, 0) is 36.0 Å². The van der Waals surface area contributed by atoms with Gasteiger partial charge in [0.25, 0.3) is 5.24 Å². The van der Waals surface area contributed by atoms with Crippen LogP contribution in [-0.4, -0.2) is 46.7 Å². The summed E-state index contributed by atoms with van der Waals surface area (Å²) in [7, 11) is 0. The van der Waals surface area contributed by atoms with Crippen LogP contribution in [0.2, 0.25) is 0 Å². The average molecular weight is 364 g/mol. The summed E-state index contributed by atoms with van der Waals surface area (Å²) in [6.07, 6.45) is 0. The predicted molar refractivity (Wildman–Crippen MR) is 89.1 cm³/mol. The summed E-state index contributed by atoms with van der Waals surface area (Å²) in [5, 5.41) is 14.9. The first-order valence-corrected chi connectivity index (χ1v) is 8.54. The summed E-state index contributed by atoms with van der Waals surface area (Å²) in [6.45, 7) is 0.0335. The Morgan fingerprint density at radius 2 is 1.96 bits per heavy atom. The van der Waals surface area contributed by atoms with E-state index in [0.717, 1.165) is 33.3 Å². The molecule has 2 N–H and O–H groups in total. The molecule has 0 aromatic heterocycles. The summed E-state index contributed by atoms with van der Waals surface area (Å²) in [6, 6.07) is 6.43. The van der Waals surface area contributed by atoms with Gasteiger partial charge in [-0.25, -0.2) is 0 Å². The minimum atomic E-state index is -0.864. The number of nitriles is 1. The monoisotopic (exact) mass is 364 g/mol. The molecule has 124 valence electrons. The highest BCUT2D eigenvalue weighted by atomic mass is 32.2. The zero-order valence-electron chi connectivity index (χ0n) is 12.3. The number of carbonyl (C=O) groups excluding carboxylic acids is 4. The van der Waals surface area contributed by atoms with Crippen molar-refractivity contribution in [3.05, 3.63) is 24.3 Å². The lowest BCUT2D eigenvalue weighted by Gasteiger charge is -2.13. The fourth-order valence-electron chi connectivity index (χ4n) is 1.81. The van der Waals surface area contributed by atoms with Crippen molar-refractivity contribution in [3.63, 3.8) is 0 Å². The van der Waals surface area contributed by atoms with E-state index in [-0.39, 0.29) is 30.0 Å². The lowest BCUT2D eigenvalue weighted by molar-refractivity contribution is -0.136. The first-order chi connectivity index (χ1) is 11.5. The maximum absolute atomic E-state index is 11.7. The van der Waals surface area contributed by atoms with Crippen LogP contribution in [0.15, 0.2) is 29.2 Å². The molecule has 0 aliphatic carbocycles. The number of thioether (sulfide) groups is 2. The van der Waals surface area contributed by atoms with E-state index in [1.807, 2.05) is 5.40 Å². The molecule has 0 unspecified atom stereocenters. The summed E-state index contributed by atoms with van der Waals surface area (Å²) in [5.74, 6) is -1.92. The molecule has 1 aliphatic rings. The highest BCUT2D eigenvalue weighted by molar-refractivity contribution is 8.14. The number of amides is 4. The Kier molecular flexibility index (Phi) is 6.22. The van der Waals surface area contributed by atoms with Gasteiger partial charge in [0.1, 0.15) is 5.40 Å². The number of nitrogens with zero attached hydrogens (tertiary/aromatic N) is 2. The molecule has 0 spiro atoms. The Bertz CT molecular complexity index is 698. The van der Waals surface area contributed by atoms with E-state index in [1.54, 1.807) is 24.3 Å². The third-order valence-electron chi connectivity index (χ3n) is 2.94. The van der Waals surface area contributed by atoms with Crippen molar-refractivity contribution in [2.24, 2.45) is 0 Å². The zero-order chi connectivity index (χ0) is 17.5. The molecule has 1 aliphatic heterocycles. The fourth-order valence-corrected chi connectivity index (χ4v) is 2.93. The van der Waals surface area contributed by atoms with Crippen LogP contribution in [0.4, 0.5) is 10.5 Å². The first kappa shape index (κ1) is 17.8. The third-order valence-corrected chi connectivity index (χ3v) is 4.40. The molecule has 0 bridgehead atoms. The van der Waals surface area contributed by atoms with Crippen molar-refractivity contribution in [1.82, 2.24) is 10.2 Å². The minimum Gasteiger partial charge on any atom is -0.346 e. The number of hydrogen-bond acceptors (Lipinski definition) is 7. The molecular weight excluding hydrogens is 352 g/mol. The summed E-state index contributed by atoms with van der Waals surface area (Å²) in [4.78, 5) is 47.9. The van der Waals surface area contributed by atoms with Crippen LogP contribution in [0.5, 0.6) is 0 Å². The number of rotatable bonds is 5.